The number of imidazole rings is 1. The molecule has 0 bridgehead atoms. The van der Waals surface area contributed by atoms with Crippen molar-refractivity contribution >= 4 is 5.96 Å². The Morgan fingerprint density at radius 2 is 2.31 bits per heavy atom. The van der Waals surface area contributed by atoms with Crippen LogP contribution in [0.1, 0.15) is 32.6 Å². The molecule has 1 aromatic rings. The lowest BCUT2D eigenvalue weighted by atomic mass is 10.2. The van der Waals surface area contributed by atoms with E-state index in [4.69, 9.17) is 5.84 Å². The van der Waals surface area contributed by atoms with Gasteiger partial charge in [0.05, 0.1) is 6.04 Å². The Morgan fingerprint density at radius 3 is 2.81 bits per heavy atom. The van der Waals surface area contributed by atoms with Crippen LogP contribution in [0.15, 0.2) is 17.4 Å². The molecular formula is C10H20N6. The Bertz CT molecular complexity index is 316. The van der Waals surface area contributed by atoms with E-state index in [9.17, 15) is 0 Å². The maximum absolute atomic E-state index is 5.39. The van der Waals surface area contributed by atoms with Crippen LogP contribution in [0, 0.1) is 5.92 Å². The summed E-state index contributed by atoms with van der Waals surface area (Å²) in [6.45, 7) is 6.93. The van der Waals surface area contributed by atoms with Gasteiger partial charge in [-0.2, -0.15) is 0 Å². The summed E-state index contributed by atoms with van der Waals surface area (Å²) in [5.41, 5.74) is 2.55. The molecule has 6 nitrogen and oxygen atoms in total. The molecule has 0 fully saturated rings. The average molecular weight is 224 g/mol. The van der Waals surface area contributed by atoms with Gasteiger partial charge >= 0.3 is 0 Å². The van der Waals surface area contributed by atoms with Crippen molar-refractivity contribution in [1.29, 1.82) is 0 Å². The summed E-state index contributed by atoms with van der Waals surface area (Å²) in [6, 6.07) is 0.0389. The third kappa shape index (κ3) is 3.90. The minimum atomic E-state index is 0.0389. The van der Waals surface area contributed by atoms with E-state index < -0.39 is 0 Å². The van der Waals surface area contributed by atoms with Crippen molar-refractivity contribution in [3.8, 4) is 0 Å². The van der Waals surface area contributed by atoms with Crippen molar-refractivity contribution in [3.63, 3.8) is 0 Å². The Morgan fingerprint density at radius 1 is 1.56 bits per heavy atom. The number of nitrogens with two attached hydrogens (primary N) is 1. The van der Waals surface area contributed by atoms with Gasteiger partial charge in [0.15, 0.2) is 0 Å². The number of H-pyrrole nitrogens is 1. The number of hydrogen-bond acceptors (Lipinski definition) is 3. The molecule has 0 amide bonds. The number of hydrazine groups is 1. The lowest BCUT2D eigenvalue weighted by molar-refractivity contribution is 0.629. The van der Waals surface area contributed by atoms with E-state index in [0.29, 0.717) is 11.9 Å². The number of guanidine groups is 1. The Labute approximate surface area is 95.7 Å². The van der Waals surface area contributed by atoms with Crippen LogP contribution in [-0.4, -0.2) is 22.5 Å². The number of hydrogen-bond donors (Lipinski definition) is 4. The van der Waals surface area contributed by atoms with Crippen molar-refractivity contribution in [2.45, 2.75) is 26.8 Å². The second-order valence-electron chi connectivity index (χ2n) is 4.07. The van der Waals surface area contributed by atoms with Crippen molar-refractivity contribution < 1.29 is 0 Å². The zero-order valence-electron chi connectivity index (χ0n) is 9.99. The first-order valence-electron chi connectivity index (χ1n) is 5.40. The minimum Gasteiger partial charge on any atom is -0.347 e. The smallest absolute Gasteiger partial charge is 0.206 e. The van der Waals surface area contributed by atoms with Crippen LogP contribution in [-0.2, 0) is 0 Å². The maximum Gasteiger partial charge on any atom is 0.206 e. The van der Waals surface area contributed by atoms with E-state index in [1.54, 1.807) is 12.4 Å². The highest BCUT2D eigenvalue weighted by Crippen LogP contribution is 2.04. The van der Waals surface area contributed by atoms with E-state index in [-0.39, 0.29) is 6.04 Å². The van der Waals surface area contributed by atoms with Gasteiger partial charge in [0.1, 0.15) is 5.82 Å². The van der Waals surface area contributed by atoms with Crippen molar-refractivity contribution in [2.24, 2.45) is 16.8 Å². The lowest BCUT2D eigenvalue weighted by Gasteiger charge is -2.14. The average Bonchev–Trinajstić information content (AvgIpc) is 2.76. The molecule has 0 aliphatic carbocycles. The summed E-state index contributed by atoms with van der Waals surface area (Å²) in [5, 5.41) is 3.14. The van der Waals surface area contributed by atoms with Gasteiger partial charge in [-0.3, -0.25) is 10.4 Å². The van der Waals surface area contributed by atoms with Crippen molar-refractivity contribution in [1.82, 2.24) is 20.7 Å². The molecule has 1 aromatic heterocycles. The van der Waals surface area contributed by atoms with Crippen molar-refractivity contribution in [3.05, 3.63) is 18.2 Å². The number of aromatic amines is 1. The predicted molar refractivity (Wildman–Crippen MR) is 64.6 cm³/mol. The minimum absolute atomic E-state index is 0.0389. The lowest BCUT2D eigenvalue weighted by Crippen LogP contribution is -2.43. The molecule has 1 unspecified atom stereocenters. The summed E-state index contributed by atoms with van der Waals surface area (Å²) in [4.78, 5) is 11.5. The van der Waals surface area contributed by atoms with E-state index >= 15 is 0 Å². The van der Waals surface area contributed by atoms with Gasteiger partial charge in [-0.05, 0) is 12.8 Å². The van der Waals surface area contributed by atoms with E-state index in [0.717, 1.165) is 12.4 Å². The van der Waals surface area contributed by atoms with Crippen LogP contribution >= 0.6 is 0 Å². The van der Waals surface area contributed by atoms with Crippen LogP contribution in [0.4, 0.5) is 0 Å². The summed E-state index contributed by atoms with van der Waals surface area (Å²) < 4.78 is 0. The fourth-order valence-electron chi connectivity index (χ4n) is 1.19. The summed E-state index contributed by atoms with van der Waals surface area (Å²) in [5.74, 6) is 7.33. The first kappa shape index (κ1) is 12.5. The van der Waals surface area contributed by atoms with E-state index in [1.165, 1.54) is 0 Å². The monoisotopic (exact) mass is 224 g/mol. The van der Waals surface area contributed by atoms with Gasteiger partial charge in [0.25, 0.3) is 0 Å². The number of rotatable bonds is 4. The van der Waals surface area contributed by atoms with Gasteiger partial charge in [0, 0.05) is 18.9 Å². The molecule has 0 aromatic carbocycles. The standard InChI is InChI=1S/C10H20N6/c1-7(2)6-14-10(16-11)15-8(3)9-12-4-5-13-9/h4-5,7-8H,6,11H2,1-3H3,(H,12,13)(H2,14,15,16). The molecule has 1 atom stereocenters. The van der Waals surface area contributed by atoms with Crippen LogP contribution in [0.3, 0.4) is 0 Å². The fraction of sp³-hybridized carbons (Fsp3) is 0.600. The third-order valence-electron chi connectivity index (χ3n) is 2.03. The zero-order chi connectivity index (χ0) is 12.0. The normalized spacial score (nSPS) is 13.9. The number of aromatic nitrogens is 2. The van der Waals surface area contributed by atoms with Crippen LogP contribution in [0.25, 0.3) is 0 Å². The largest absolute Gasteiger partial charge is 0.347 e. The molecule has 0 radical (unpaired) electrons. The maximum atomic E-state index is 5.39. The van der Waals surface area contributed by atoms with Crippen LogP contribution in [0.2, 0.25) is 0 Å². The van der Waals surface area contributed by atoms with E-state index in [2.05, 4.69) is 39.6 Å². The molecule has 1 heterocycles. The van der Waals surface area contributed by atoms with Crippen LogP contribution < -0.4 is 16.6 Å². The molecule has 1 rings (SSSR count). The van der Waals surface area contributed by atoms with Gasteiger partial charge < -0.3 is 10.3 Å². The molecule has 0 spiro atoms. The fourth-order valence-corrected chi connectivity index (χ4v) is 1.19. The molecule has 6 heteroatoms. The predicted octanol–water partition coefficient (Wildman–Crippen LogP) is 0.536. The highest BCUT2D eigenvalue weighted by atomic mass is 15.3. The second kappa shape index (κ2) is 6.12. The van der Waals surface area contributed by atoms with Crippen molar-refractivity contribution in [2.75, 3.05) is 6.54 Å². The van der Waals surface area contributed by atoms with Gasteiger partial charge in [-0.1, -0.05) is 13.8 Å². The van der Waals surface area contributed by atoms with Gasteiger partial charge in [-0.15, -0.1) is 0 Å². The molecule has 0 aliphatic rings. The Kier molecular flexibility index (Phi) is 4.78. The summed E-state index contributed by atoms with van der Waals surface area (Å²) in [6.07, 6.45) is 3.50. The van der Waals surface area contributed by atoms with Crippen LogP contribution in [0.5, 0.6) is 0 Å². The first-order chi connectivity index (χ1) is 7.63. The first-order valence-corrected chi connectivity index (χ1v) is 5.40. The SMILES string of the molecule is CC(C)CN=C(NN)NC(C)c1ncc[nH]1. The Hall–Kier alpha value is -1.56. The number of aliphatic imine (C=N–C) groups is 1. The third-order valence-corrected chi connectivity index (χ3v) is 2.03. The van der Waals surface area contributed by atoms with E-state index in [1.807, 2.05) is 6.92 Å². The molecule has 0 aliphatic heterocycles. The molecule has 90 valence electrons. The van der Waals surface area contributed by atoms with Gasteiger partial charge in [0.2, 0.25) is 5.96 Å². The molecule has 0 saturated carbocycles. The highest BCUT2D eigenvalue weighted by Gasteiger charge is 2.08. The Balaban J connectivity index is 2.53. The topological polar surface area (TPSA) is 91.1 Å². The molecule has 16 heavy (non-hydrogen) atoms. The summed E-state index contributed by atoms with van der Waals surface area (Å²) >= 11 is 0. The zero-order valence-corrected chi connectivity index (χ0v) is 9.99. The number of nitrogens with zero attached hydrogens (tertiary/aromatic N) is 2. The second-order valence-corrected chi connectivity index (χ2v) is 4.07. The summed E-state index contributed by atoms with van der Waals surface area (Å²) in [7, 11) is 0. The quantitative estimate of drug-likeness (QED) is 0.260. The number of nitrogens with one attached hydrogen (secondary N) is 3. The molecule has 5 N–H and O–H groups in total. The highest BCUT2D eigenvalue weighted by molar-refractivity contribution is 5.79. The molecule has 0 saturated heterocycles. The molecular weight excluding hydrogens is 204 g/mol. The van der Waals surface area contributed by atoms with Gasteiger partial charge in [-0.25, -0.2) is 10.8 Å².